The summed E-state index contributed by atoms with van der Waals surface area (Å²) in [5.74, 6) is 0.655. The molecule has 2 aliphatic heterocycles. The van der Waals surface area contributed by atoms with E-state index in [4.69, 9.17) is 9.47 Å². The molecule has 3 aromatic rings. The Morgan fingerprint density at radius 2 is 1.75 bits per heavy atom. The highest BCUT2D eigenvalue weighted by molar-refractivity contribution is 7.92. The molecular weight excluding hydrogens is 538 g/mol. The van der Waals surface area contributed by atoms with Crippen LogP contribution in [0.15, 0.2) is 60.7 Å². The van der Waals surface area contributed by atoms with Crippen molar-refractivity contribution in [2.75, 3.05) is 55.2 Å². The number of nitro groups is 1. The first-order valence-corrected chi connectivity index (χ1v) is 14.1. The maximum Gasteiger partial charge on any atom is 0.271 e. The second-order valence-electron chi connectivity index (χ2n) is 9.57. The van der Waals surface area contributed by atoms with Crippen LogP contribution in [0.2, 0.25) is 0 Å². The monoisotopic (exact) mass is 565 g/mol. The Morgan fingerprint density at radius 3 is 2.42 bits per heavy atom. The minimum atomic E-state index is -3.51. The Hall–Kier alpha value is -4.62. The van der Waals surface area contributed by atoms with Crippen LogP contribution in [0, 0.1) is 10.1 Å². The lowest BCUT2D eigenvalue weighted by molar-refractivity contribution is -0.384. The number of anilines is 3. The van der Waals surface area contributed by atoms with Gasteiger partial charge in [-0.2, -0.15) is 0 Å². The molecule has 5 rings (SSSR count). The first-order valence-electron chi connectivity index (χ1n) is 12.3. The van der Waals surface area contributed by atoms with Crippen molar-refractivity contribution >= 4 is 50.0 Å². The molecule has 0 spiro atoms. The number of nitrogens with one attached hydrogen (secondary N) is 2. The van der Waals surface area contributed by atoms with Crippen molar-refractivity contribution in [3.63, 3.8) is 0 Å². The standard InChI is InChI=1S/C27H27N5O7S/c1-30(2)12-13-31(40(3,36)37)19-7-5-18(6-8-19)28-26(17-4-11-23-24(14-17)39-16-38-23)25-21-10-9-20(32(34)35)15-22(21)29-27(25)33/h4-11,14-15,28H,12-13,16H2,1-3H3,(H,29,33)/b26-25-. The predicted octanol–water partition coefficient (Wildman–Crippen LogP) is 3.58. The number of ether oxygens (including phenoxy) is 2. The van der Waals surface area contributed by atoms with Crippen LogP contribution in [0.3, 0.4) is 0 Å². The third-order valence-electron chi connectivity index (χ3n) is 6.45. The molecule has 208 valence electrons. The summed E-state index contributed by atoms with van der Waals surface area (Å²) in [4.78, 5) is 25.9. The molecule has 2 aliphatic rings. The Balaban J connectivity index is 1.56. The fourth-order valence-corrected chi connectivity index (χ4v) is 5.40. The lowest BCUT2D eigenvalue weighted by atomic mass is 9.99. The van der Waals surface area contributed by atoms with Gasteiger partial charge in [-0.3, -0.25) is 19.2 Å². The molecule has 2 N–H and O–H groups in total. The van der Waals surface area contributed by atoms with Crippen LogP contribution < -0.4 is 24.4 Å². The molecule has 1 amide bonds. The van der Waals surface area contributed by atoms with E-state index in [1.807, 2.05) is 19.0 Å². The summed E-state index contributed by atoms with van der Waals surface area (Å²) in [6.45, 7) is 0.908. The van der Waals surface area contributed by atoms with Gasteiger partial charge in [0.25, 0.3) is 11.6 Å². The number of amides is 1. The summed E-state index contributed by atoms with van der Waals surface area (Å²) in [6.07, 6.45) is 1.16. The number of carbonyl (C=O) groups excluding carboxylic acids is 1. The molecule has 3 aromatic carbocycles. The second kappa shape index (κ2) is 10.5. The highest BCUT2D eigenvalue weighted by atomic mass is 32.2. The number of carbonyl (C=O) groups is 1. The van der Waals surface area contributed by atoms with Crippen LogP contribution in [-0.4, -0.2) is 64.4 Å². The molecular formula is C27H27N5O7S. The zero-order valence-corrected chi connectivity index (χ0v) is 22.8. The zero-order chi connectivity index (χ0) is 28.6. The Kier molecular flexibility index (Phi) is 7.08. The van der Waals surface area contributed by atoms with Gasteiger partial charge in [-0.1, -0.05) is 0 Å². The van der Waals surface area contributed by atoms with Crippen molar-refractivity contribution in [1.29, 1.82) is 0 Å². The van der Waals surface area contributed by atoms with Gasteiger partial charge in [-0.05, 0) is 62.6 Å². The van der Waals surface area contributed by atoms with Gasteiger partial charge >= 0.3 is 0 Å². The summed E-state index contributed by atoms with van der Waals surface area (Å²) >= 11 is 0. The third-order valence-corrected chi connectivity index (χ3v) is 7.64. The van der Waals surface area contributed by atoms with E-state index in [2.05, 4.69) is 10.6 Å². The highest BCUT2D eigenvalue weighted by Crippen LogP contribution is 2.41. The normalized spacial score (nSPS) is 15.1. The molecule has 40 heavy (non-hydrogen) atoms. The molecule has 0 aliphatic carbocycles. The summed E-state index contributed by atoms with van der Waals surface area (Å²) in [7, 11) is 0.227. The lowest BCUT2D eigenvalue weighted by Crippen LogP contribution is -2.35. The van der Waals surface area contributed by atoms with Gasteiger partial charge < -0.3 is 25.0 Å². The van der Waals surface area contributed by atoms with Crippen molar-refractivity contribution < 1.29 is 27.6 Å². The van der Waals surface area contributed by atoms with Crippen LogP contribution in [0.25, 0.3) is 11.3 Å². The number of benzene rings is 3. The van der Waals surface area contributed by atoms with Crippen LogP contribution in [0.4, 0.5) is 22.7 Å². The Bertz CT molecular complexity index is 1640. The fraction of sp³-hybridized carbons (Fsp3) is 0.222. The van der Waals surface area contributed by atoms with E-state index in [0.717, 1.165) is 6.26 Å². The minimum absolute atomic E-state index is 0.0806. The molecule has 0 saturated carbocycles. The molecule has 0 saturated heterocycles. The molecule has 0 bridgehead atoms. The molecule has 2 heterocycles. The second-order valence-corrected chi connectivity index (χ2v) is 11.5. The molecule has 0 radical (unpaired) electrons. The fourth-order valence-electron chi connectivity index (χ4n) is 4.49. The van der Waals surface area contributed by atoms with Crippen molar-refractivity contribution in [3.05, 3.63) is 81.9 Å². The topological polar surface area (TPSA) is 143 Å². The van der Waals surface area contributed by atoms with Crippen LogP contribution in [-0.2, 0) is 14.8 Å². The number of rotatable bonds is 9. The maximum atomic E-state index is 13.2. The number of fused-ring (bicyclic) bond motifs is 2. The van der Waals surface area contributed by atoms with Crippen LogP contribution in [0.1, 0.15) is 11.1 Å². The van der Waals surface area contributed by atoms with E-state index in [0.29, 0.717) is 51.9 Å². The molecule has 0 fully saturated rings. The van der Waals surface area contributed by atoms with Gasteiger partial charge in [0.05, 0.1) is 33.8 Å². The van der Waals surface area contributed by atoms with Crippen LogP contribution in [0.5, 0.6) is 11.5 Å². The summed E-state index contributed by atoms with van der Waals surface area (Å²) < 4.78 is 37.2. The van der Waals surface area contributed by atoms with Crippen molar-refractivity contribution in [3.8, 4) is 11.5 Å². The average molecular weight is 566 g/mol. The largest absolute Gasteiger partial charge is 0.454 e. The lowest BCUT2D eigenvalue weighted by Gasteiger charge is -2.24. The minimum Gasteiger partial charge on any atom is -0.454 e. The van der Waals surface area contributed by atoms with Crippen molar-refractivity contribution in [1.82, 2.24) is 4.90 Å². The number of hydrogen-bond acceptors (Lipinski definition) is 9. The number of non-ortho nitro benzene ring substituents is 1. The number of sulfonamides is 1. The van der Waals surface area contributed by atoms with Crippen molar-refractivity contribution in [2.45, 2.75) is 0 Å². The average Bonchev–Trinajstić information content (AvgIpc) is 3.49. The van der Waals surface area contributed by atoms with E-state index >= 15 is 0 Å². The van der Waals surface area contributed by atoms with Gasteiger partial charge in [0.15, 0.2) is 11.5 Å². The Morgan fingerprint density at radius 1 is 1.02 bits per heavy atom. The molecule has 12 nitrogen and oxygen atoms in total. The Labute approximate surface area is 231 Å². The smallest absolute Gasteiger partial charge is 0.271 e. The van der Waals surface area contributed by atoms with Gasteiger partial charge in [0.1, 0.15) is 0 Å². The SMILES string of the molecule is CN(C)CCN(c1ccc(N/C(=C2\C(=O)Nc3cc([N+](=O)[O-])ccc32)c2ccc3c(c2)OCO3)cc1)S(C)(=O)=O. The summed E-state index contributed by atoms with van der Waals surface area (Å²) in [6, 6.07) is 16.3. The van der Waals surface area contributed by atoms with E-state index in [1.165, 1.54) is 22.5 Å². The van der Waals surface area contributed by atoms with Crippen molar-refractivity contribution in [2.24, 2.45) is 0 Å². The van der Waals surface area contributed by atoms with Crippen LogP contribution >= 0.6 is 0 Å². The summed E-state index contributed by atoms with van der Waals surface area (Å²) in [5.41, 5.74) is 3.12. The van der Waals surface area contributed by atoms with E-state index in [1.54, 1.807) is 42.5 Å². The molecule has 0 unspecified atom stereocenters. The van der Waals surface area contributed by atoms with Gasteiger partial charge in [-0.25, -0.2) is 8.42 Å². The van der Waals surface area contributed by atoms with Gasteiger partial charge in [-0.15, -0.1) is 0 Å². The number of likely N-dealkylation sites (N-methyl/N-ethyl adjacent to an activating group) is 1. The van der Waals surface area contributed by atoms with Gasteiger partial charge in [0, 0.05) is 42.0 Å². The first kappa shape index (κ1) is 27.0. The highest BCUT2D eigenvalue weighted by Gasteiger charge is 2.31. The third kappa shape index (κ3) is 5.42. The van der Waals surface area contributed by atoms with E-state index in [-0.39, 0.29) is 24.6 Å². The number of nitro benzene ring substituents is 1. The van der Waals surface area contributed by atoms with E-state index in [9.17, 15) is 23.3 Å². The first-order chi connectivity index (χ1) is 19.0. The molecule has 0 atom stereocenters. The molecule has 13 heteroatoms. The predicted molar refractivity (Wildman–Crippen MR) is 152 cm³/mol. The molecule has 0 aromatic heterocycles. The summed E-state index contributed by atoms with van der Waals surface area (Å²) in [5, 5.41) is 17.3. The quantitative estimate of drug-likeness (QED) is 0.226. The van der Waals surface area contributed by atoms with Gasteiger partial charge in [0.2, 0.25) is 16.8 Å². The number of hydrogen-bond donors (Lipinski definition) is 2. The maximum absolute atomic E-state index is 13.2. The number of nitrogens with zero attached hydrogens (tertiary/aromatic N) is 3. The van der Waals surface area contributed by atoms with E-state index < -0.39 is 20.9 Å². The zero-order valence-electron chi connectivity index (χ0n) is 22.0.